The third-order valence-electron chi connectivity index (χ3n) is 3.16. The molecule has 0 bridgehead atoms. The molecule has 0 unspecified atom stereocenters. The second-order valence-corrected chi connectivity index (χ2v) is 7.22. The first kappa shape index (κ1) is 14.7. The maximum absolute atomic E-state index is 13.0. The predicted molar refractivity (Wildman–Crippen MR) is 88.4 cm³/mol. The predicted octanol–water partition coefficient (Wildman–Crippen LogP) is 3.54. The molecule has 1 aromatic heterocycles. The van der Waals surface area contributed by atoms with Crippen LogP contribution < -0.4 is 4.31 Å². The van der Waals surface area contributed by atoms with E-state index in [0.29, 0.717) is 5.69 Å². The first-order valence-corrected chi connectivity index (χ1v) is 9.06. The summed E-state index contributed by atoms with van der Waals surface area (Å²) in [6, 6.07) is 17.5. The molecule has 0 atom stereocenters. The number of hydrogen-bond donors (Lipinski definition) is 0. The molecule has 0 radical (unpaired) electrons. The Morgan fingerprint density at radius 2 is 1.59 bits per heavy atom. The molecule has 6 heteroatoms. The van der Waals surface area contributed by atoms with Gasteiger partial charge in [-0.05, 0) is 24.3 Å². The van der Waals surface area contributed by atoms with E-state index < -0.39 is 10.0 Å². The van der Waals surface area contributed by atoms with Crippen molar-refractivity contribution in [2.75, 3.05) is 4.31 Å². The first-order valence-electron chi connectivity index (χ1n) is 6.68. The van der Waals surface area contributed by atoms with Gasteiger partial charge in [-0.1, -0.05) is 36.4 Å². The highest BCUT2D eigenvalue weighted by molar-refractivity contribution is 7.92. The molecule has 22 heavy (non-hydrogen) atoms. The molecule has 3 aromatic rings. The van der Waals surface area contributed by atoms with Crippen molar-refractivity contribution in [3.05, 3.63) is 77.2 Å². The number of benzene rings is 2. The fourth-order valence-electron chi connectivity index (χ4n) is 2.09. The summed E-state index contributed by atoms with van der Waals surface area (Å²) in [7, 11) is -3.63. The number of aromatic nitrogens is 1. The lowest BCUT2D eigenvalue weighted by atomic mass is 10.3. The Balaban J connectivity index is 2.05. The Labute approximate surface area is 133 Å². The van der Waals surface area contributed by atoms with E-state index in [1.807, 2.05) is 23.6 Å². The van der Waals surface area contributed by atoms with Gasteiger partial charge in [0.1, 0.15) is 0 Å². The van der Waals surface area contributed by atoms with E-state index >= 15 is 0 Å². The quantitative estimate of drug-likeness (QED) is 0.719. The van der Waals surface area contributed by atoms with Crippen molar-refractivity contribution in [1.29, 1.82) is 0 Å². The molecule has 0 fully saturated rings. The summed E-state index contributed by atoms with van der Waals surface area (Å²) in [6.45, 7) is 0.213. The highest BCUT2D eigenvalue weighted by atomic mass is 32.2. The van der Waals surface area contributed by atoms with Crippen LogP contribution in [-0.2, 0) is 16.6 Å². The highest BCUT2D eigenvalue weighted by Gasteiger charge is 2.25. The van der Waals surface area contributed by atoms with Crippen LogP contribution in [0.5, 0.6) is 0 Å². The Hall–Kier alpha value is -2.18. The zero-order valence-electron chi connectivity index (χ0n) is 11.7. The van der Waals surface area contributed by atoms with Gasteiger partial charge < -0.3 is 0 Å². The lowest BCUT2D eigenvalue weighted by molar-refractivity contribution is 0.590. The molecule has 4 nitrogen and oxygen atoms in total. The summed E-state index contributed by atoms with van der Waals surface area (Å²) in [4.78, 5) is 4.47. The molecule has 0 N–H and O–H groups in total. The summed E-state index contributed by atoms with van der Waals surface area (Å²) in [6.07, 6.45) is 0. The van der Waals surface area contributed by atoms with Crippen molar-refractivity contribution < 1.29 is 8.42 Å². The Bertz CT molecular complexity index is 817. The minimum Gasteiger partial charge on any atom is -0.260 e. The maximum atomic E-state index is 13.0. The number of para-hydroxylation sites is 1. The minimum absolute atomic E-state index is 0.213. The van der Waals surface area contributed by atoms with Crippen molar-refractivity contribution >= 4 is 27.0 Å². The fourth-order valence-corrected chi connectivity index (χ4v) is 4.10. The number of nitrogens with zero attached hydrogens (tertiary/aromatic N) is 2. The largest absolute Gasteiger partial charge is 0.264 e. The zero-order valence-corrected chi connectivity index (χ0v) is 13.3. The molecule has 112 valence electrons. The van der Waals surface area contributed by atoms with Gasteiger partial charge in [0, 0.05) is 5.38 Å². The van der Waals surface area contributed by atoms with Gasteiger partial charge in [0.05, 0.1) is 28.3 Å². The first-order chi connectivity index (χ1) is 10.7. The molecule has 0 spiro atoms. The average molecular weight is 330 g/mol. The van der Waals surface area contributed by atoms with Crippen molar-refractivity contribution in [3.8, 4) is 0 Å². The van der Waals surface area contributed by atoms with Gasteiger partial charge in [0.15, 0.2) is 0 Å². The van der Waals surface area contributed by atoms with Crippen LogP contribution in [0.4, 0.5) is 5.69 Å². The molecule has 0 aliphatic rings. The summed E-state index contributed by atoms with van der Waals surface area (Å²) >= 11 is 1.45. The van der Waals surface area contributed by atoms with Crippen molar-refractivity contribution in [2.45, 2.75) is 11.4 Å². The van der Waals surface area contributed by atoms with E-state index in [1.165, 1.54) is 15.6 Å². The van der Waals surface area contributed by atoms with Crippen molar-refractivity contribution in [2.24, 2.45) is 0 Å². The maximum Gasteiger partial charge on any atom is 0.264 e. The normalized spacial score (nSPS) is 11.3. The van der Waals surface area contributed by atoms with Crippen LogP contribution in [0.15, 0.2) is 76.4 Å². The molecule has 0 amide bonds. The fraction of sp³-hybridized carbons (Fsp3) is 0.0625. The molecular formula is C16H14N2O2S2. The van der Waals surface area contributed by atoms with Crippen LogP contribution in [0, 0.1) is 0 Å². The number of anilines is 1. The van der Waals surface area contributed by atoms with E-state index in [9.17, 15) is 8.42 Å². The van der Waals surface area contributed by atoms with Crippen LogP contribution in [0.2, 0.25) is 0 Å². The summed E-state index contributed by atoms with van der Waals surface area (Å²) in [5.41, 5.74) is 3.06. The Morgan fingerprint density at radius 1 is 0.955 bits per heavy atom. The summed E-state index contributed by atoms with van der Waals surface area (Å²) in [5.74, 6) is 0. The molecule has 0 aliphatic heterocycles. The van der Waals surface area contributed by atoms with Gasteiger partial charge in [-0.2, -0.15) is 0 Å². The molecule has 0 aliphatic carbocycles. The molecule has 0 saturated heterocycles. The van der Waals surface area contributed by atoms with E-state index in [0.717, 1.165) is 5.69 Å². The Kier molecular flexibility index (Phi) is 4.22. The summed E-state index contributed by atoms with van der Waals surface area (Å²) in [5, 5.41) is 1.86. The second kappa shape index (κ2) is 6.29. The van der Waals surface area contributed by atoms with Gasteiger partial charge >= 0.3 is 0 Å². The van der Waals surface area contributed by atoms with Gasteiger partial charge in [0.25, 0.3) is 10.0 Å². The second-order valence-electron chi connectivity index (χ2n) is 4.64. The highest BCUT2D eigenvalue weighted by Crippen LogP contribution is 2.25. The van der Waals surface area contributed by atoms with Crippen molar-refractivity contribution in [3.63, 3.8) is 0 Å². The topological polar surface area (TPSA) is 50.3 Å². The van der Waals surface area contributed by atoms with Crippen molar-refractivity contribution in [1.82, 2.24) is 4.98 Å². The smallest absolute Gasteiger partial charge is 0.260 e. The molecule has 3 rings (SSSR count). The number of hydrogen-bond acceptors (Lipinski definition) is 4. The van der Waals surface area contributed by atoms with Gasteiger partial charge in [-0.25, -0.2) is 13.4 Å². The third-order valence-corrected chi connectivity index (χ3v) is 5.59. The number of thiazole rings is 1. The lowest BCUT2D eigenvalue weighted by Gasteiger charge is -2.23. The molecule has 0 saturated carbocycles. The van der Waals surface area contributed by atoms with E-state index in [-0.39, 0.29) is 11.4 Å². The Morgan fingerprint density at radius 3 is 2.18 bits per heavy atom. The lowest BCUT2D eigenvalue weighted by Crippen LogP contribution is -2.30. The SMILES string of the molecule is O=S(=O)(c1ccccc1)N(Cc1cscn1)c1ccccc1. The van der Waals surface area contributed by atoms with Crippen LogP contribution in [-0.4, -0.2) is 13.4 Å². The van der Waals surface area contributed by atoms with E-state index in [1.54, 1.807) is 48.0 Å². The van der Waals surface area contributed by atoms with Crippen LogP contribution in [0.25, 0.3) is 0 Å². The van der Waals surface area contributed by atoms with Crippen LogP contribution in [0.1, 0.15) is 5.69 Å². The van der Waals surface area contributed by atoms with Crippen LogP contribution >= 0.6 is 11.3 Å². The molecule has 2 aromatic carbocycles. The van der Waals surface area contributed by atoms with E-state index in [2.05, 4.69) is 4.98 Å². The number of rotatable bonds is 5. The minimum atomic E-state index is -3.63. The van der Waals surface area contributed by atoms with Gasteiger partial charge in [0.2, 0.25) is 0 Å². The molecule has 1 heterocycles. The number of sulfonamides is 1. The average Bonchev–Trinajstić information content (AvgIpc) is 3.07. The monoisotopic (exact) mass is 330 g/mol. The molecular weight excluding hydrogens is 316 g/mol. The zero-order chi connectivity index (χ0) is 15.4. The van der Waals surface area contributed by atoms with Gasteiger partial charge in [-0.3, -0.25) is 4.31 Å². The van der Waals surface area contributed by atoms with Gasteiger partial charge in [-0.15, -0.1) is 11.3 Å². The van der Waals surface area contributed by atoms with E-state index in [4.69, 9.17) is 0 Å². The summed E-state index contributed by atoms with van der Waals surface area (Å²) < 4.78 is 27.3. The third kappa shape index (κ3) is 3.03. The van der Waals surface area contributed by atoms with Crippen LogP contribution in [0.3, 0.4) is 0 Å². The standard InChI is InChI=1S/C16H14N2O2S2/c19-22(20,16-9-5-2-6-10-16)18(11-14-12-21-13-17-14)15-7-3-1-4-8-15/h1-10,12-13H,11H2.